The first-order valence-corrected chi connectivity index (χ1v) is 4.05. The van der Waals surface area contributed by atoms with Crippen LogP contribution in [0.3, 0.4) is 0 Å². The molecule has 0 saturated heterocycles. The Hall–Kier alpha value is -2.12. The number of carbonyl (C=O) groups is 1. The second-order valence-electron chi connectivity index (χ2n) is 2.93. The third kappa shape index (κ3) is 1.58. The number of rotatable bonds is 1. The predicted octanol–water partition coefficient (Wildman–Crippen LogP) is 1.45. The predicted molar refractivity (Wildman–Crippen MR) is 44.9 cm³/mol. The first-order chi connectivity index (χ1) is 7.39. The van der Waals surface area contributed by atoms with Gasteiger partial charge in [-0.1, -0.05) is 0 Å². The van der Waals surface area contributed by atoms with Crippen molar-refractivity contribution in [1.29, 1.82) is 0 Å². The molecule has 2 aromatic rings. The van der Waals surface area contributed by atoms with Crippen LogP contribution in [0.25, 0.3) is 5.65 Å². The first-order valence-electron chi connectivity index (χ1n) is 4.05. The van der Waals surface area contributed by atoms with Gasteiger partial charge in [-0.25, -0.2) is 14.3 Å². The fourth-order valence-corrected chi connectivity index (χ4v) is 1.21. The number of nitrogens with zero attached hydrogens (tertiary/aromatic N) is 3. The Bertz CT molecular complexity index is 561. The van der Waals surface area contributed by atoms with Gasteiger partial charge in [0, 0.05) is 12.3 Å². The maximum Gasteiger partial charge on any atom is 0.433 e. The highest BCUT2D eigenvalue weighted by molar-refractivity contribution is 5.86. The summed E-state index contributed by atoms with van der Waals surface area (Å²) in [5.74, 6) is -1.40. The SMILES string of the molecule is O=C(O)c1cc2nccc(C(F)(F)F)n2n1. The van der Waals surface area contributed by atoms with Gasteiger partial charge in [0.15, 0.2) is 11.3 Å². The molecule has 84 valence electrons. The van der Waals surface area contributed by atoms with Gasteiger partial charge in [-0.05, 0) is 6.07 Å². The topological polar surface area (TPSA) is 67.5 Å². The van der Waals surface area contributed by atoms with Gasteiger partial charge >= 0.3 is 12.1 Å². The molecule has 0 aliphatic heterocycles. The van der Waals surface area contributed by atoms with Crippen LogP contribution in [0.15, 0.2) is 18.3 Å². The van der Waals surface area contributed by atoms with E-state index >= 15 is 0 Å². The van der Waals surface area contributed by atoms with Crippen molar-refractivity contribution in [2.24, 2.45) is 0 Å². The van der Waals surface area contributed by atoms with E-state index in [1.54, 1.807) is 0 Å². The molecular formula is C8H4F3N3O2. The molecule has 0 radical (unpaired) electrons. The van der Waals surface area contributed by atoms with Crippen molar-refractivity contribution in [3.05, 3.63) is 29.7 Å². The van der Waals surface area contributed by atoms with Gasteiger partial charge in [0.1, 0.15) is 5.69 Å². The number of aromatic carboxylic acids is 1. The molecule has 1 N–H and O–H groups in total. The highest BCUT2D eigenvalue weighted by Gasteiger charge is 2.34. The lowest BCUT2D eigenvalue weighted by molar-refractivity contribution is -0.142. The van der Waals surface area contributed by atoms with Gasteiger partial charge in [0.2, 0.25) is 0 Å². The molecule has 2 aromatic heterocycles. The average Bonchev–Trinajstić information content (AvgIpc) is 2.58. The number of fused-ring (bicyclic) bond motifs is 1. The van der Waals surface area contributed by atoms with E-state index in [1.165, 1.54) is 0 Å². The summed E-state index contributed by atoms with van der Waals surface area (Å²) in [6, 6.07) is 1.70. The van der Waals surface area contributed by atoms with Crippen LogP contribution >= 0.6 is 0 Å². The van der Waals surface area contributed by atoms with Gasteiger partial charge in [-0.15, -0.1) is 0 Å². The summed E-state index contributed by atoms with van der Waals surface area (Å²) < 4.78 is 37.9. The van der Waals surface area contributed by atoms with Gasteiger partial charge in [0.25, 0.3) is 0 Å². The van der Waals surface area contributed by atoms with Gasteiger partial charge < -0.3 is 5.11 Å². The standard InChI is InChI=1S/C8H4F3N3O2/c9-8(10,11)5-1-2-12-6-3-4(7(15)16)13-14(5)6/h1-3H,(H,15,16). The molecule has 0 amide bonds. The molecule has 0 aromatic carbocycles. The third-order valence-electron chi connectivity index (χ3n) is 1.87. The monoisotopic (exact) mass is 231 g/mol. The quantitative estimate of drug-likeness (QED) is 0.806. The smallest absolute Gasteiger partial charge is 0.433 e. The van der Waals surface area contributed by atoms with Crippen molar-refractivity contribution in [1.82, 2.24) is 14.6 Å². The van der Waals surface area contributed by atoms with Crippen LogP contribution in [-0.4, -0.2) is 25.7 Å². The molecule has 0 fully saturated rings. The Kier molecular flexibility index (Phi) is 2.07. The zero-order valence-electron chi connectivity index (χ0n) is 7.56. The zero-order valence-corrected chi connectivity index (χ0v) is 7.56. The van der Waals surface area contributed by atoms with Crippen molar-refractivity contribution >= 4 is 11.6 Å². The van der Waals surface area contributed by atoms with E-state index in [4.69, 9.17) is 5.11 Å². The Labute approximate surface area is 86.1 Å². The molecule has 16 heavy (non-hydrogen) atoms. The Morgan fingerprint density at radius 3 is 2.69 bits per heavy atom. The number of aromatic nitrogens is 3. The molecule has 0 bridgehead atoms. The van der Waals surface area contributed by atoms with Crippen LogP contribution in [0, 0.1) is 0 Å². The molecule has 2 heterocycles. The second-order valence-corrected chi connectivity index (χ2v) is 2.93. The van der Waals surface area contributed by atoms with Crippen LogP contribution in [0.2, 0.25) is 0 Å². The Morgan fingerprint density at radius 1 is 1.44 bits per heavy atom. The van der Waals surface area contributed by atoms with E-state index in [9.17, 15) is 18.0 Å². The molecule has 0 aliphatic carbocycles. The summed E-state index contributed by atoms with van der Waals surface area (Å²) in [5, 5.41) is 11.9. The molecule has 5 nitrogen and oxygen atoms in total. The van der Waals surface area contributed by atoms with Gasteiger partial charge in [0.05, 0.1) is 0 Å². The maximum atomic E-state index is 12.5. The van der Waals surface area contributed by atoms with E-state index in [0.717, 1.165) is 18.3 Å². The third-order valence-corrected chi connectivity index (χ3v) is 1.87. The van der Waals surface area contributed by atoms with Gasteiger partial charge in [-0.3, -0.25) is 0 Å². The lowest BCUT2D eigenvalue weighted by atomic mass is 10.4. The van der Waals surface area contributed by atoms with Crippen LogP contribution < -0.4 is 0 Å². The van der Waals surface area contributed by atoms with E-state index < -0.39 is 23.5 Å². The minimum Gasteiger partial charge on any atom is -0.476 e. The number of hydrogen-bond acceptors (Lipinski definition) is 3. The summed E-state index contributed by atoms with van der Waals surface area (Å²) >= 11 is 0. The summed E-state index contributed by atoms with van der Waals surface area (Å²) in [6.45, 7) is 0. The maximum absolute atomic E-state index is 12.5. The molecule has 0 unspecified atom stereocenters. The highest BCUT2D eigenvalue weighted by atomic mass is 19.4. The first kappa shape index (κ1) is 10.4. The van der Waals surface area contributed by atoms with Crippen molar-refractivity contribution < 1.29 is 23.1 Å². The molecule has 0 spiro atoms. The Balaban J connectivity index is 2.73. The highest BCUT2D eigenvalue weighted by Crippen LogP contribution is 2.28. The summed E-state index contributed by atoms with van der Waals surface area (Å²) in [5.41, 5.74) is -1.71. The van der Waals surface area contributed by atoms with E-state index in [0.29, 0.717) is 4.52 Å². The van der Waals surface area contributed by atoms with E-state index in [-0.39, 0.29) is 5.65 Å². The average molecular weight is 231 g/mol. The van der Waals surface area contributed by atoms with Crippen molar-refractivity contribution in [3.8, 4) is 0 Å². The van der Waals surface area contributed by atoms with E-state index in [1.807, 2.05) is 0 Å². The summed E-state index contributed by atoms with van der Waals surface area (Å²) in [4.78, 5) is 14.1. The van der Waals surface area contributed by atoms with Crippen LogP contribution in [0.1, 0.15) is 16.2 Å². The zero-order chi connectivity index (χ0) is 11.9. The summed E-state index contributed by atoms with van der Waals surface area (Å²) in [7, 11) is 0. The van der Waals surface area contributed by atoms with Crippen LogP contribution in [0.4, 0.5) is 13.2 Å². The van der Waals surface area contributed by atoms with Gasteiger partial charge in [-0.2, -0.15) is 18.3 Å². The number of carboxylic acid groups (broad SMARTS) is 1. The molecule has 0 atom stereocenters. The minimum atomic E-state index is -4.61. The fraction of sp³-hybridized carbons (Fsp3) is 0.125. The largest absolute Gasteiger partial charge is 0.476 e. The molecule has 0 saturated carbocycles. The Morgan fingerprint density at radius 2 is 2.12 bits per heavy atom. The number of halogens is 3. The molecule has 8 heteroatoms. The number of hydrogen-bond donors (Lipinski definition) is 1. The second kappa shape index (κ2) is 3.19. The lowest BCUT2D eigenvalue weighted by Crippen LogP contribution is -2.13. The minimum absolute atomic E-state index is 0.160. The normalized spacial score (nSPS) is 11.9. The number of carboxylic acids is 1. The van der Waals surface area contributed by atoms with E-state index in [2.05, 4.69) is 10.1 Å². The molecular weight excluding hydrogens is 227 g/mol. The molecule has 2 rings (SSSR count). The van der Waals surface area contributed by atoms with Crippen molar-refractivity contribution in [2.75, 3.05) is 0 Å². The molecule has 0 aliphatic rings. The van der Waals surface area contributed by atoms with Crippen molar-refractivity contribution in [3.63, 3.8) is 0 Å². The van der Waals surface area contributed by atoms with Crippen LogP contribution in [-0.2, 0) is 6.18 Å². The fourth-order valence-electron chi connectivity index (χ4n) is 1.21. The van der Waals surface area contributed by atoms with Crippen LogP contribution in [0.5, 0.6) is 0 Å². The number of alkyl halides is 3. The van der Waals surface area contributed by atoms with Crippen molar-refractivity contribution in [2.45, 2.75) is 6.18 Å². The summed E-state index contributed by atoms with van der Waals surface area (Å²) in [6.07, 6.45) is -3.66. The lowest BCUT2D eigenvalue weighted by Gasteiger charge is -2.07.